The third kappa shape index (κ3) is 2.38. The molecule has 104 valence electrons. The van der Waals surface area contributed by atoms with Crippen LogP contribution >= 0.6 is 0 Å². The van der Waals surface area contributed by atoms with Crippen LogP contribution in [0.3, 0.4) is 0 Å². The van der Waals surface area contributed by atoms with E-state index < -0.39 is 0 Å². The van der Waals surface area contributed by atoms with Crippen molar-refractivity contribution in [3.8, 4) is 0 Å². The van der Waals surface area contributed by atoms with Crippen molar-refractivity contribution in [1.29, 1.82) is 0 Å². The van der Waals surface area contributed by atoms with Crippen LogP contribution in [0.25, 0.3) is 0 Å². The molecule has 1 fully saturated rings. The van der Waals surface area contributed by atoms with Crippen molar-refractivity contribution in [2.45, 2.75) is 64.0 Å². The minimum Gasteiger partial charge on any atom is -0.391 e. The molecule has 1 aliphatic carbocycles. The van der Waals surface area contributed by atoms with Crippen LogP contribution in [0.2, 0.25) is 0 Å². The molecule has 0 aromatic heterocycles. The van der Waals surface area contributed by atoms with E-state index in [-0.39, 0.29) is 17.6 Å². The van der Waals surface area contributed by atoms with Crippen molar-refractivity contribution >= 4 is 5.69 Å². The van der Waals surface area contributed by atoms with Crippen molar-refractivity contribution in [2.75, 3.05) is 5.32 Å². The van der Waals surface area contributed by atoms with Crippen LogP contribution in [0.4, 0.5) is 5.69 Å². The van der Waals surface area contributed by atoms with Crippen LogP contribution in [0.1, 0.15) is 51.2 Å². The normalized spacial score (nSPS) is 27.4. The van der Waals surface area contributed by atoms with Gasteiger partial charge < -0.3 is 10.4 Å². The van der Waals surface area contributed by atoms with E-state index >= 15 is 0 Å². The number of nitrogens with one attached hydrogen (secondary N) is 1. The second-order valence-electron chi connectivity index (χ2n) is 7.25. The zero-order valence-corrected chi connectivity index (χ0v) is 12.2. The molecule has 0 amide bonds. The van der Waals surface area contributed by atoms with Crippen LogP contribution in [0.15, 0.2) is 18.2 Å². The first-order chi connectivity index (χ1) is 8.95. The molecule has 0 spiro atoms. The molecule has 0 saturated heterocycles. The summed E-state index contributed by atoms with van der Waals surface area (Å²) in [6.45, 7) is 6.70. The van der Waals surface area contributed by atoms with Gasteiger partial charge in [0.2, 0.25) is 0 Å². The van der Waals surface area contributed by atoms with Gasteiger partial charge in [-0.05, 0) is 41.4 Å². The maximum absolute atomic E-state index is 10.4. The molecule has 1 aromatic rings. The molecule has 0 bridgehead atoms. The summed E-state index contributed by atoms with van der Waals surface area (Å²) in [7, 11) is 0. The molecular weight excluding hydrogens is 234 g/mol. The summed E-state index contributed by atoms with van der Waals surface area (Å²) in [5.74, 6) is 0.672. The monoisotopic (exact) mass is 259 g/mol. The van der Waals surface area contributed by atoms with Gasteiger partial charge in [0.05, 0.1) is 12.1 Å². The summed E-state index contributed by atoms with van der Waals surface area (Å²) in [5, 5.41) is 14.0. The average Bonchev–Trinajstić information content (AvgIpc) is 2.25. The first-order valence-electron chi connectivity index (χ1n) is 7.53. The van der Waals surface area contributed by atoms with E-state index in [2.05, 4.69) is 44.3 Å². The van der Waals surface area contributed by atoms with Gasteiger partial charge in [-0.1, -0.05) is 39.3 Å². The first-order valence-corrected chi connectivity index (χ1v) is 7.53. The fraction of sp³-hybridized carbons (Fsp3) is 0.647. The number of hydrogen-bond acceptors (Lipinski definition) is 2. The standard InChI is InChI=1S/C17H25NO/c1-17(2,3)13-7-8-14-12(9-13)10-15(19)16(18-14)11-5-4-6-11/h7-9,11,15-16,18-19H,4-6,10H2,1-3H3. The highest BCUT2D eigenvalue weighted by Crippen LogP contribution is 2.38. The quantitative estimate of drug-likeness (QED) is 0.809. The first kappa shape index (κ1) is 13.0. The Labute approximate surface area is 116 Å². The zero-order valence-electron chi connectivity index (χ0n) is 12.2. The maximum atomic E-state index is 10.4. The predicted molar refractivity (Wildman–Crippen MR) is 79.6 cm³/mol. The number of benzene rings is 1. The molecule has 2 heteroatoms. The van der Waals surface area contributed by atoms with Gasteiger partial charge in [0.25, 0.3) is 0 Å². The number of anilines is 1. The van der Waals surface area contributed by atoms with Gasteiger partial charge >= 0.3 is 0 Å². The maximum Gasteiger partial charge on any atom is 0.0784 e. The molecule has 2 nitrogen and oxygen atoms in total. The molecule has 1 heterocycles. The molecule has 1 saturated carbocycles. The Morgan fingerprint density at radius 2 is 1.95 bits per heavy atom. The van der Waals surface area contributed by atoms with Crippen LogP contribution in [-0.4, -0.2) is 17.3 Å². The fourth-order valence-corrected chi connectivity index (χ4v) is 3.23. The molecule has 2 N–H and O–H groups in total. The van der Waals surface area contributed by atoms with E-state index in [1.807, 2.05) is 0 Å². The highest BCUT2D eigenvalue weighted by atomic mass is 16.3. The van der Waals surface area contributed by atoms with Crippen LogP contribution in [0, 0.1) is 5.92 Å². The molecule has 1 aromatic carbocycles. The Morgan fingerprint density at radius 1 is 1.21 bits per heavy atom. The fourth-order valence-electron chi connectivity index (χ4n) is 3.23. The summed E-state index contributed by atoms with van der Waals surface area (Å²) < 4.78 is 0. The van der Waals surface area contributed by atoms with Crippen molar-refractivity contribution < 1.29 is 5.11 Å². The van der Waals surface area contributed by atoms with Crippen molar-refractivity contribution in [1.82, 2.24) is 0 Å². The molecular formula is C17H25NO. The minimum atomic E-state index is -0.229. The molecule has 0 radical (unpaired) electrons. The minimum absolute atomic E-state index is 0.171. The SMILES string of the molecule is CC(C)(C)c1ccc2c(c1)CC(O)C(C1CCC1)N2. The molecule has 2 atom stereocenters. The third-order valence-corrected chi connectivity index (χ3v) is 4.79. The van der Waals surface area contributed by atoms with E-state index in [0.717, 1.165) is 6.42 Å². The van der Waals surface area contributed by atoms with Crippen molar-refractivity contribution in [3.63, 3.8) is 0 Å². The molecule has 19 heavy (non-hydrogen) atoms. The highest BCUT2D eigenvalue weighted by molar-refractivity contribution is 5.57. The van der Waals surface area contributed by atoms with E-state index in [1.54, 1.807) is 0 Å². The van der Waals surface area contributed by atoms with Crippen LogP contribution < -0.4 is 5.32 Å². The Balaban J connectivity index is 1.86. The Morgan fingerprint density at radius 3 is 2.53 bits per heavy atom. The molecule has 2 unspecified atom stereocenters. The Kier molecular flexibility index (Phi) is 3.09. The number of hydrogen-bond donors (Lipinski definition) is 2. The summed E-state index contributed by atoms with van der Waals surface area (Å²) >= 11 is 0. The summed E-state index contributed by atoms with van der Waals surface area (Å²) in [6.07, 6.45) is 4.43. The lowest BCUT2D eigenvalue weighted by Gasteiger charge is -2.41. The van der Waals surface area contributed by atoms with E-state index in [0.29, 0.717) is 5.92 Å². The van der Waals surface area contributed by atoms with Crippen molar-refractivity contribution in [2.24, 2.45) is 5.92 Å². The lowest BCUT2D eigenvalue weighted by Crippen LogP contribution is -2.46. The van der Waals surface area contributed by atoms with E-state index in [9.17, 15) is 5.11 Å². The summed E-state index contributed by atoms with van der Waals surface area (Å²) in [6, 6.07) is 6.96. The van der Waals surface area contributed by atoms with Gasteiger partial charge in [0, 0.05) is 12.1 Å². The van der Waals surface area contributed by atoms with E-state index in [4.69, 9.17) is 0 Å². The number of rotatable bonds is 1. The Hall–Kier alpha value is -1.02. The van der Waals surface area contributed by atoms with Gasteiger partial charge in [-0.15, -0.1) is 0 Å². The summed E-state index contributed by atoms with van der Waals surface area (Å²) in [5.41, 5.74) is 4.03. The van der Waals surface area contributed by atoms with Crippen molar-refractivity contribution in [3.05, 3.63) is 29.3 Å². The third-order valence-electron chi connectivity index (χ3n) is 4.79. The van der Waals surface area contributed by atoms with Crippen LogP contribution in [0.5, 0.6) is 0 Å². The van der Waals surface area contributed by atoms with Gasteiger partial charge in [-0.25, -0.2) is 0 Å². The topological polar surface area (TPSA) is 32.3 Å². The summed E-state index contributed by atoms with van der Waals surface area (Å²) in [4.78, 5) is 0. The van der Waals surface area contributed by atoms with Crippen LogP contribution in [-0.2, 0) is 11.8 Å². The second kappa shape index (κ2) is 4.52. The Bertz CT molecular complexity index is 471. The molecule has 2 aliphatic rings. The number of aliphatic hydroxyl groups excluding tert-OH is 1. The lowest BCUT2D eigenvalue weighted by atomic mass is 9.74. The van der Waals surface area contributed by atoms with Gasteiger partial charge in [0.15, 0.2) is 0 Å². The lowest BCUT2D eigenvalue weighted by molar-refractivity contribution is 0.0961. The van der Waals surface area contributed by atoms with Gasteiger partial charge in [-0.2, -0.15) is 0 Å². The number of fused-ring (bicyclic) bond motifs is 1. The second-order valence-corrected chi connectivity index (χ2v) is 7.25. The molecule has 1 aliphatic heterocycles. The smallest absolute Gasteiger partial charge is 0.0784 e. The predicted octanol–water partition coefficient (Wildman–Crippen LogP) is 3.48. The van der Waals surface area contributed by atoms with E-state index in [1.165, 1.54) is 36.1 Å². The average molecular weight is 259 g/mol. The van der Waals surface area contributed by atoms with Gasteiger partial charge in [-0.3, -0.25) is 0 Å². The molecule has 3 rings (SSSR count). The largest absolute Gasteiger partial charge is 0.391 e. The number of aliphatic hydroxyl groups is 1. The zero-order chi connectivity index (χ0) is 13.6. The van der Waals surface area contributed by atoms with Gasteiger partial charge in [0.1, 0.15) is 0 Å². The highest BCUT2D eigenvalue weighted by Gasteiger charge is 2.35.